The lowest BCUT2D eigenvalue weighted by molar-refractivity contribution is -0.136. The second kappa shape index (κ2) is 8.13. The van der Waals surface area contributed by atoms with Gasteiger partial charge in [0.1, 0.15) is 12.1 Å². The van der Waals surface area contributed by atoms with Gasteiger partial charge in [-0.2, -0.15) is 0 Å². The maximum absolute atomic E-state index is 12.5. The number of carbonyl (C=O) groups excluding carboxylic acids is 2. The van der Waals surface area contributed by atoms with Crippen LogP contribution in [0.3, 0.4) is 0 Å². The van der Waals surface area contributed by atoms with Crippen LogP contribution in [0.1, 0.15) is 51.4 Å². The van der Waals surface area contributed by atoms with Gasteiger partial charge in [0.05, 0.1) is 11.7 Å². The van der Waals surface area contributed by atoms with E-state index in [2.05, 4.69) is 22.2 Å². The summed E-state index contributed by atoms with van der Waals surface area (Å²) in [4.78, 5) is 28.2. The lowest BCUT2D eigenvalue weighted by Crippen LogP contribution is -2.61. The number of allylic oxidation sites excluding steroid dienone is 1. The summed E-state index contributed by atoms with van der Waals surface area (Å²) >= 11 is 0. The second-order valence-electron chi connectivity index (χ2n) is 9.65. The molecule has 0 bridgehead atoms. The van der Waals surface area contributed by atoms with Gasteiger partial charge in [-0.15, -0.1) is 6.58 Å². The first kappa shape index (κ1) is 23.0. The highest BCUT2D eigenvalue weighted by Gasteiger charge is 2.34. The Kier molecular flexibility index (Phi) is 6.04. The predicted molar refractivity (Wildman–Crippen MR) is 121 cm³/mol. The predicted octanol–water partition coefficient (Wildman–Crippen LogP) is 1.85. The van der Waals surface area contributed by atoms with Crippen LogP contribution in [0.4, 0.5) is 0 Å². The van der Waals surface area contributed by atoms with Crippen molar-refractivity contribution in [1.82, 2.24) is 15.6 Å². The van der Waals surface area contributed by atoms with Gasteiger partial charge in [-0.05, 0) is 44.0 Å². The Labute approximate surface area is 182 Å². The van der Waals surface area contributed by atoms with Crippen molar-refractivity contribution in [3.63, 3.8) is 0 Å². The number of piperazine rings is 1. The first-order valence-corrected chi connectivity index (χ1v) is 10.6. The number of aromatic amines is 1. The normalized spacial score (nSPS) is 21.0. The average molecular weight is 428 g/mol. The lowest BCUT2D eigenvalue weighted by Gasteiger charge is -2.29. The molecule has 2 amide bonds. The third kappa shape index (κ3) is 4.67. The summed E-state index contributed by atoms with van der Waals surface area (Å²) in [7, 11) is 0. The van der Waals surface area contributed by atoms with Crippen LogP contribution in [0.25, 0.3) is 10.9 Å². The first-order chi connectivity index (χ1) is 14.3. The zero-order valence-corrected chi connectivity index (χ0v) is 18.9. The monoisotopic (exact) mass is 427 g/mol. The minimum absolute atomic E-state index is 0.206. The van der Waals surface area contributed by atoms with Crippen molar-refractivity contribution in [3.05, 3.63) is 47.7 Å². The van der Waals surface area contributed by atoms with E-state index in [9.17, 15) is 19.8 Å². The third-order valence-corrected chi connectivity index (χ3v) is 6.16. The molecule has 5 N–H and O–H groups in total. The van der Waals surface area contributed by atoms with Gasteiger partial charge in [-0.3, -0.25) is 9.59 Å². The molecule has 3 atom stereocenters. The molecule has 2 aromatic rings. The van der Waals surface area contributed by atoms with Gasteiger partial charge < -0.3 is 25.8 Å². The number of aromatic nitrogens is 1. The summed E-state index contributed by atoms with van der Waals surface area (Å²) in [6.45, 7) is 12.8. The van der Waals surface area contributed by atoms with Crippen LogP contribution in [0.15, 0.2) is 30.9 Å². The van der Waals surface area contributed by atoms with E-state index >= 15 is 0 Å². The SMILES string of the molecule is C=CC(C)(C)c1[nH]c2ccc(C[C@H](O)C(C)(C)O)cc2c1C[C@@H]1NC(=O)[C@H](C)NC1=O. The summed E-state index contributed by atoms with van der Waals surface area (Å²) in [6, 6.07) is 4.61. The smallest absolute Gasteiger partial charge is 0.243 e. The number of benzene rings is 1. The van der Waals surface area contributed by atoms with Crippen LogP contribution in [-0.4, -0.2) is 50.8 Å². The molecule has 7 nitrogen and oxygen atoms in total. The number of rotatable bonds is 7. The maximum atomic E-state index is 12.5. The molecular weight excluding hydrogens is 394 g/mol. The summed E-state index contributed by atoms with van der Waals surface area (Å²) in [5, 5.41) is 26.9. The molecule has 0 saturated carbocycles. The molecule has 0 unspecified atom stereocenters. The van der Waals surface area contributed by atoms with Crippen LogP contribution in [-0.2, 0) is 27.8 Å². The number of amides is 2. The Hall–Kier alpha value is -2.64. The molecule has 2 heterocycles. The number of aliphatic hydroxyl groups is 2. The van der Waals surface area contributed by atoms with Crippen molar-refractivity contribution >= 4 is 22.7 Å². The molecule has 1 aromatic carbocycles. The van der Waals surface area contributed by atoms with Crippen molar-refractivity contribution in [2.75, 3.05) is 0 Å². The molecule has 1 aliphatic rings. The van der Waals surface area contributed by atoms with Crippen molar-refractivity contribution in [2.24, 2.45) is 0 Å². The summed E-state index contributed by atoms with van der Waals surface area (Å²) in [5.41, 5.74) is 2.03. The van der Waals surface area contributed by atoms with E-state index in [0.717, 1.165) is 27.7 Å². The molecule has 7 heteroatoms. The molecule has 1 aromatic heterocycles. The Morgan fingerprint density at radius 3 is 2.45 bits per heavy atom. The van der Waals surface area contributed by atoms with E-state index in [1.165, 1.54) is 0 Å². The summed E-state index contributed by atoms with van der Waals surface area (Å²) in [6.07, 6.45) is 1.56. The molecule has 168 valence electrons. The summed E-state index contributed by atoms with van der Waals surface area (Å²) in [5.74, 6) is -0.416. The fourth-order valence-corrected chi connectivity index (χ4v) is 3.85. The highest BCUT2D eigenvalue weighted by atomic mass is 16.3. The second-order valence-corrected chi connectivity index (χ2v) is 9.65. The molecule has 31 heavy (non-hydrogen) atoms. The average Bonchev–Trinajstić information content (AvgIpc) is 3.04. The molecule has 0 spiro atoms. The maximum Gasteiger partial charge on any atom is 0.243 e. The van der Waals surface area contributed by atoms with Crippen LogP contribution < -0.4 is 10.6 Å². The lowest BCUT2D eigenvalue weighted by atomic mass is 9.84. The number of hydrogen-bond acceptors (Lipinski definition) is 4. The van der Waals surface area contributed by atoms with Crippen LogP contribution in [0, 0.1) is 0 Å². The van der Waals surface area contributed by atoms with Gasteiger partial charge in [-0.25, -0.2) is 0 Å². The number of hydrogen-bond donors (Lipinski definition) is 5. The molecule has 1 aliphatic heterocycles. The Morgan fingerprint density at radius 2 is 1.84 bits per heavy atom. The first-order valence-electron chi connectivity index (χ1n) is 10.6. The Morgan fingerprint density at radius 1 is 1.16 bits per heavy atom. The number of H-pyrrole nitrogens is 1. The highest BCUT2D eigenvalue weighted by Crippen LogP contribution is 2.34. The quantitative estimate of drug-likeness (QED) is 0.434. The van der Waals surface area contributed by atoms with E-state index in [1.54, 1.807) is 20.8 Å². The van der Waals surface area contributed by atoms with Crippen LogP contribution in [0.5, 0.6) is 0 Å². The van der Waals surface area contributed by atoms with E-state index in [-0.39, 0.29) is 17.2 Å². The fourth-order valence-electron chi connectivity index (χ4n) is 3.85. The van der Waals surface area contributed by atoms with Crippen molar-refractivity contribution in [3.8, 4) is 0 Å². The fraction of sp³-hybridized carbons (Fsp3) is 0.500. The van der Waals surface area contributed by atoms with E-state index < -0.39 is 23.8 Å². The van der Waals surface area contributed by atoms with Gasteiger partial charge >= 0.3 is 0 Å². The van der Waals surface area contributed by atoms with Crippen LogP contribution in [0.2, 0.25) is 0 Å². The zero-order valence-electron chi connectivity index (χ0n) is 18.9. The molecule has 1 saturated heterocycles. The van der Waals surface area contributed by atoms with Crippen molar-refractivity contribution in [2.45, 2.75) is 76.7 Å². The van der Waals surface area contributed by atoms with Gasteiger partial charge in [0.15, 0.2) is 0 Å². The molecule has 0 aliphatic carbocycles. The molecule has 3 rings (SSSR count). The van der Waals surface area contributed by atoms with Gasteiger partial charge in [-0.1, -0.05) is 26.0 Å². The van der Waals surface area contributed by atoms with Gasteiger partial charge in [0.25, 0.3) is 0 Å². The van der Waals surface area contributed by atoms with Gasteiger partial charge in [0, 0.05) is 34.9 Å². The van der Waals surface area contributed by atoms with Crippen molar-refractivity contribution in [1.29, 1.82) is 0 Å². The topological polar surface area (TPSA) is 114 Å². The molecular formula is C24H33N3O4. The van der Waals surface area contributed by atoms with E-state index in [0.29, 0.717) is 12.8 Å². The number of nitrogens with one attached hydrogen (secondary N) is 3. The Balaban J connectivity index is 2.06. The van der Waals surface area contributed by atoms with Crippen molar-refractivity contribution < 1.29 is 19.8 Å². The minimum atomic E-state index is -1.22. The largest absolute Gasteiger partial charge is 0.390 e. The molecule has 1 fully saturated rings. The number of fused-ring (bicyclic) bond motifs is 1. The minimum Gasteiger partial charge on any atom is -0.390 e. The Bertz CT molecular complexity index is 1020. The number of carbonyl (C=O) groups is 2. The van der Waals surface area contributed by atoms with E-state index in [4.69, 9.17) is 0 Å². The third-order valence-electron chi connectivity index (χ3n) is 6.16. The van der Waals surface area contributed by atoms with Gasteiger partial charge in [0.2, 0.25) is 11.8 Å². The molecule has 0 radical (unpaired) electrons. The highest BCUT2D eigenvalue weighted by molar-refractivity contribution is 5.97. The standard InChI is InChI=1S/C24H33N3O4/c1-7-23(3,4)20-16(12-18-22(30)25-13(2)21(29)27-18)15-10-14(8-9-17(15)26-20)11-19(28)24(5,6)31/h7-10,13,18-19,26,28,31H,1,11-12H2,2-6H3,(H,25,30)(H,27,29)/t13-,18-,19-/m0/s1. The van der Waals surface area contributed by atoms with E-state index in [1.807, 2.05) is 38.1 Å². The van der Waals surface area contributed by atoms with Crippen LogP contribution >= 0.6 is 0 Å². The summed E-state index contributed by atoms with van der Waals surface area (Å²) < 4.78 is 0. The number of aliphatic hydroxyl groups excluding tert-OH is 1. The zero-order chi connectivity index (χ0) is 23.1.